The van der Waals surface area contributed by atoms with Crippen LogP contribution in [0.3, 0.4) is 0 Å². The third kappa shape index (κ3) is 3.61. The van der Waals surface area contributed by atoms with Crippen molar-refractivity contribution in [3.8, 4) is 0 Å². The molecule has 1 aliphatic heterocycles. The van der Waals surface area contributed by atoms with Crippen molar-refractivity contribution in [2.45, 2.75) is 38.1 Å². The normalized spacial score (nSPS) is 20.0. The average molecular weight is 338 g/mol. The lowest BCUT2D eigenvalue weighted by Gasteiger charge is -2.24. The number of nitrogens with zero attached hydrogens (tertiary/aromatic N) is 3. The van der Waals surface area contributed by atoms with Gasteiger partial charge in [-0.25, -0.2) is 9.97 Å². The summed E-state index contributed by atoms with van der Waals surface area (Å²) in [6.07, 6.45) is 7.30. The number of aliphatic hydroxyl groups excluding tert-OH is 1. The van der Waals surface area contributed by atoms with Crippen LogP contribution in [0.2, 0.25) is 0 Å². The van der Waals surface area contributed by atoms with Gasteiger partial charge in [-0.15, -0.1) is 0 Å². The molecule has 0 bridgehead atoms. The van der Waals surface area contributed by atoms with E-state index in [1.807, 2.05) is 6.07 Å². The van der Waals surface area contributed by atoms with Crippen molar-refractivity contribution in [2.75, 3.05) is 29.9 Å². The van der Waals surface area contributed by atoms with E-state index < -0.39 is 0 Å². The molecule has 2 N–H and O–H groups in total. The first kappa shape index (κ1) is 16.3. The number of fused-ring (bicyclic) bond motifs is 1. The summed E-state index contributed by atoms with van der Waals surface area (Å²) in [6.45, 7) is 2.08. The molecule has 0 saturated carbocycles. The van der Waals surface area contributed by atoms with Crippen LogP contribution in [-0.2, 0) is 12.8 Å². The molecule has 1 aromatic heterocycles. The summed E-state index contributed by atoms with van der Waals surface area (Å²) < 4.78 is 0. The molecule has 5 nitrogen and oxygen atoms in total. The summed E-state index contributed by atoms with van der Waals surface area (Å²) in [7, 11) is 0. The minimum Gasteiger partial charge on any atom is -0.394 e. The van der Waals surface area contributed by atoms with Crippen molar-refractivity contribution >= 4 is 11.6 Å². The largest absolute Gasteiger partial charge is 0.394 e. The molecule has 1 fully saturated rings. The Labute approximate surface area is 149 Å². The number of hydrogen-bond donors (Lipinski definition) is 2. The number of anilines is 2. The average Bonchev–Trinajstić information content (AvgIpc) is 3.28. The molecular weight excluding hydrogens is 312 g/mol. The van der Waals surface area contributed by atoms with Crippen LogP contribution < -0.4 is 10.2 Å². The van der Waals surface area contributed by atoms with Crippen LogP contribution in [0.4, 0.5) is 11.6 Å². The Morgan fingerprint density at radius 1 is 1.16 bits per heavy atom. The minimum absolute atomic E-state index is 0.189. The van der Waals surface area contributed by atoms with Crippen LogP contribution in [0.5, 0.6) is 0 Å². The first-order chi connectivity index (χ1) is 12.3. The highest BCUT2D eigenvalue weighted by Crippen LogP contribution is 2.29. The van der Waals surface area contributed by atoms with Crippen molar-refractivity contribution in [2.24, 2.45) is 5.92 Å². The summed E-state index contributed by atoms with van der Waals surface area (Å²) in [6, 6.07) is 11.0. The second kappa shape index (κ2) is 7.40. The molecular formula is C20H26N4O. The third-order valence-corrected chi connectivity index (χ3v) is 5.53. The Bertz CT molecular complexity index is 695. The molecule has 1 aliphatic carbocycles. The molecule has 0 spiro atoms. The van der Waals surface area contributed by atoms with Crippen molar-refractivity contribution < 1.29 is 5.11 Å². The summed E-state index contributed by atoms with van der Waals surface area (Å²) in [5.74, 6) is 2.52. The second-order valence-corrected chi connectivity index (χ2v) is 7.19. The highest BCUT2D eigenvalue weighted by Gasteiger charge is 2.25. The van der Waals surface area contributed by atoms with E-state index >= 15 is 0 Å². The van der Waals surface area contributed by atoms with E-state index in [0.29, 0.717) is 0 Å². The second-order valence-electron chi connectivity index (χ2n) is 7.19. The van der Waals surface area contributed by atoms with Crippen LogP contribution in [0.15, 0.2) is 36.7 Å². The van der Waals surface area contributed by atoms with Gasteiger partial charge in [0.1, 0.15) is 18.0 Å². The monoisotopic (exact) mass is 338 g/mol. The summed E-state index contributed by atoms with van der Waals surface area (Å²) in [5, 5.41) is 13.0. The maximum atomic E-state index is 9.50. The van der Waals surface area contributed by atoms with Crippen LogP contribution in [0, 0.1) is 5.92 Å². The predicted octanol–water partition coefficient (Wildman–Crippen LogP) is 2.65. The fourth-order valence-corrected chi connectivity index (χ4v) is 4.19. The molecule has 1 atom stereocenters. The van der Waals surface area contributed by atoms with Gasteiger partial charge >= 0.3 is 0 Å². The van der Waals surface area contributed by atoms with Gasteiger partial charge in [0.25, 0.3) is 0 Å². The van der Waals surface area contributed by atoms with E-state index in [9.17, 15) is 5.11 Å². The van der Waals surface area contributed by atoms with Crippen molar-refractivity contribution in [1.29, 1.82) is 0 Å². The standard InChI is InChI=1S/C20H26N4O/c25-13-18-6-3-9-24(18)20-12-19(22-14-23-20)21-8-7-15-10-16-4-1-2-5-17(16)11-15/h1-2,4-5,12,14-15,18,25H,3,6-11,13H2,(H,21,22,23). The Morgan fingerprint density at radius 3 is 2.72 bits per heavy atom. The van der Waals surface area contributed by atoms with Crippen LogP contribution in [0.1, 0.15) is 30.4 Å². The Balaban J connectivity index is 1.31. The van der Waals surface area contributed by atoms with Gasteiger partial charge in [0.2, 0.25) is 0 Å². The van der Waals surface area contributed by atoms with Crippen molar-refractivity contribution in [3.63, 3.8) is 0 Å². The predicted molar refractivity (Wildman–Crippen MR) is 99.9 cm³/mol. The lowest BCUT2D eigenvalue weighted by molar-refractivity contribution is 0.266. The topological polar surface area (TPSA) is 61.3 Å². The summed E-state index contributed by atoms with van der Waals surface area (Å²) >= 11 is 0. The fraction of sp³-hybridized carbons (Fsp3) is 0.500. The number of nitrogens with one attached hydrogen (secondary N) is 1. The molecule has 4 rings (SSSR count). The summed E-state index contributed by atoms with van der Waals surface area (Å²) in [4.78, 5) is 10.9. The lowest BCUT2D eigenvalue weighted by Crippen LogP contribution is -2.32. The zero-order valence-electron chi connectivity index (χ0n) is 14.6. The fourth-order valence-electron chi connectivity index (χ4n) is 4.19. The molecule has 2 aromatic rings. The zero-order valence-corrected chi connectivity index (χ0v) is 14.6. The van der Waals surface area contributed by atoms with Gasteiger partial charge < -0.3 is 15.3 Å². The molecule has 132 valence electrons. The first-order valence-electron chi connectivity index (χ1n) is 9.33. The van der Waals surface area contributed by atoms with Gasteiger partial charge in [-0.05, 0) is 49.1 Å². The maximum Gasteiger partial charge on any atom is 0.134 e. The van der Waals surface area contributed by atoms with Gasteiger partial charge in [0, 0.05) is 19.2 Å². The van der Waals surface area contributed by atoms with Gasteiger partial charge in [-0.2, -0.15) is 0 Å². The number of hydrogen-bond acceptors (Lipinski definition) is 5. The molecule has 1 unspecified atom stereocenters. The molecule has 0 amide bonds. The maximum absolute atomic E-state index is 9.50. The number of aromatic nitrogens is 2. The molecule has 2 heterocycles. The molecule has 25 heavy (non-hydrogen) atoms. The van der Waals surface area contributed by atoms with Crippen LogP contribution >= 0.6 is 0 Å². The van der Waals surface area contributed by atoms with E-state index in [-0.39, 0.29) is 12.6 Å². The highest BCUT2D eigenvalue weighted by atomic mass is 16.3. The molecule has 5 heteroatoms. The Kier molecular flexibility index (Phi) is 4.83. The van der Waals surface area contributed by atoms with Crippen molar-refractivity contribution in [3.05, 3.63) is 47.8 Å². The smallest absolute Gasteiger partial charge is 0.134 e. The zero-order chi connectivity index (χ0) is 17.1. The van der Waals surface area contributed by atoms with Crippen molar-refractivity contribution in [1.82, 2.24) is 9.97 Å². The van der Waals surface area contributed by atoms with E-state index in [1.54, 1.807) is 6.33 Å². The Morgan fingerprint density at radius 2 is 1.96 bits per heavy atom. The van der Waals surface area contributed by atoms with E-state index in [2.05, 4.69) is 44.5 Å². The van der Waals surface area contributed by atoms with E-state index in [0.717, 1.165) is 49.9 Å². The third-order valence-electron chi connectivity index (χ3n) is 5.53. The number of rotatable bonds is 6. The number of benzene rings is 1. The molecule has 1 saturated heterocycles. The Hall–Kier alpha value is -2.14. The number of aliphatic hydroxyl groups is 1. The van der Waals surface area contributed by atoms with Gasteiger partial charge in [-0.1, -0.05) is 24.3 Å². The highest BCUT2D eigenvalue weighted by molar-refractivity contribution is 5.49. The van der Waals surface area contributed by atoms with Gasteiger partial charge in [0.15, 0.2) is 0 Å². The summed E-state index contributed by atoms with van der Waals surface area (Å²) in [5.41, 5.74) is 3.03. The van der Waals surface area contributed by atoms with Gasteiger partial charge in [-0.3, -0.25) is 0 Å². The SMILES string of the molecule is OCC1CCCN1c1cc(NCCC2Cc3ccccc3C2)ncn1. The van der Waals surface area contributed by atoms with Crippen LogP contribution in [0.25, 0.3) is 0 Å². The minimum atomic E-state index is 0.189. The quantitative estimate of drug-likeness (QED) is 0.848. The van der Waals surface area contributed by atoms with E-state index in [4.69, 9.17) is 0 Å². The molecule has 2 aliphatic rings. The van der Waals surface area contributed by atoms with Gasteiger partial charge in [0.05, 0.1) is 12.6 Å². The molecule has 0 radical (unpaired) electrons. The lowest BCUT2D eigenvalue weighted by atomic mass is 10.0. The van der Waals surface area contributed by atoms with Crippen LogP contribution in [-0.4, -0.2) is 40.8 Å². The first-order valence-corrected chi connectivity index (χ1v) is 9.33. The van der Waals surface area contributed by atoms with E-state index in [1.165, 1.54) is 24.0 Å². The molecule has 1 aromatic carbocycles.